The Morgan fingerprint density at radius 1 is 1.15 bits per heavy atom. The summed E-state index contributed by atoms with van der Waals surface area (Å²) in [6.45, 7) is 0. The van der Waals surface area contributed by atoms with E-state index in [0.29, 0.717) is 5.69 Å². The normalized spacial score (nSPS) is 11.9. The summed E-state index contributed by atoms with van der Waals surface area (Å²) in [7, 11) is -8.55. The second-order valence-electron chi connectivity index (χ2n) is 5.08. The van der Waals surface area contributed by atoms with Crippen molar-refractivity contribution < 1.29 is 25.9 Å². The van der Waals surface area contributed by atoms with E-state index in [1.165, 1.54) is 16.7 Å². The number of primary sulfonamides is 1. The highest BCUT2D eigenvalue weighted by molar-refractivity contribution is 7.89. The largest absolute Gasteiger partial charge is 0.368 e. The standard InChI is InChI=1S/C13H15N5O6S2/c14-13(15)17-24-25(20,21)8-12(19)9-5-10(18-3-1-2-4-18)7-11(6-9)26(16,22)23/h1-7H,8H2,(H4,14,15,17)(H2,16,22,23). The van der Waals surface area contributed by atoms with Crippen LogP contribution in [0.25, 0.3) is 5.69 Å². The molecule has 0 saturated carbocycles. The van der Waals surface area contributed by atoms with Crippen molar-refractivity contribution in [1.82, 2.24) is 10.0 Å². The molecule has 0 aliphatic carbocycles. The second kappa shape index (κ2) is 7.25. The van der Waals surface area contributed by atoms with Crippen LogP contribution in [0.2, 0.25) is 0 Å². The molecule has 0 unspecified atom stereocenters. The van der Waals surface area contributed by atoms with E-state index in [9.17, 15) is 21.6 Å². The van der Waals surface area contributed by atoms with Gasteiger partial charge in [0.25, 0.3) is 10.1 Å². The lowest BCUT2D eigenvalue weighted by molar-refractivity contribution is 0.101. The zero-order chi connectivity index (χ0) is 19.5. The molecule has 0 bridgehead atoms. The van der Waals surface area contributed by atoms with Crippen molar-refractivity contribution in [1.29, 1.82) is 5.41 Å². The number of sulfonamides is 1. The van der Waals surface area contributed by atoms with E-state index in [-0.39, 0.29) is 10.5 Å². The first-order chi connectivity index (χ1) is 12.0. The molecule has 13 heteroatoms. The Balaban J connectivity index is 2.40. The molecule has 6 N–H and O–H groups in total. The van der Waals surface area contributed by atoms with Crippen LogP contribution in [0.3, 0.4) is 0 Å². The Bertz CT molecular complexity index is 1040. The summed E-state index contributed by atoms with van der Waals surface area (Å²) in [5, 5.41) is 12.0. The van der Waals surface area contributed by atoms with E-state index in [1.807, 2.05) is 0 Å². The number of nitrogens with one attached hydrogen (secondary N) is 2. The van der Waals surface area contributed by atoms with E-state index < -0.39 is 37.6 Å². The van der Waals surface area contributed by atoms with Crippen LogP contribution >= 0.6 is 0 Å². The summed E-state index contributed by atoms with van der Waals surface area (Å²) in [6.07, 6.45) is 3.21. The quantitative estimate of drug-likeness (QED) is 0.198. The maximum Gasteiger partial charge on any atom is 0.295 e. The van der Waals surface area contributed by atoms with Crippen LogP contribution in [0.15, 0.2) is 47.6 Å². The van der Waals surface area contributed by atoms with Crippen molar-refractivity contribution in [2.24, 2.45) is 10.9 Å². The summed E-state index contributed by atoms with van der Waals surface area (Å²) >= 11 is 0. The van der Waals surface area contributed by atoms with Crippen LogP contribution in [0.5, 0.6) is 0 Å². The number of rotatable bonds is 7. The molecule has 1 heterocycles. The smallest absolute Gasteiger partial charge is 0.295 e. The van der Waals surface area contributed by atoms with Gasteiger partial charge >= 0.3 is 0 Å². The number of carbonyl (C=O) groups excluding carboxylic acids is 1. The number of ketones is 1. The van der Waals surface area contributed by atoms with Gasteiger partial charge in [0, 0.05) is 23.6 Å². The molecule has 140 valence electrons. The van der Waals surface area contributed by atoms with Gasteiger partial charge in [0.2, 0.25) is 16.0 Å². The zero-order valence-corrected chi connectivity index (χ0v) is 14.7. The first kappa shape index (κ1) is 19.6. The lowest BCUT2D eigenvalue weighted by Gasteiger charge is -2.10. The molecule has 0 aliphatic heterocycles. The minimum absolute atomic E-state index is 0.199. The zero-order valence-electron chi connectivity index (χ0n) is 13.1. The Morgan fingerprint density at radius 2 is 1.77 bits per heavy atom. The highest BCUT2D eigenvalue weighted by Crippen LogP contribution is 2.19. The van der Waals surface area contributed by atoms with Crippen LogP contribution in [0, 0.1) is 5.41 Å². The van der Waals surface area contributed by atoms with Gasteiger partial charge in [-0.2, -0.15) is 8.42 Å². The molecule has 0 fully saturated rings. The fourth-order valence-corrected chi connectivity index (χ4v) is 3.29. The number of nitrogens with two attached hydrogens (primary N) is 2. The number of aromatic nitrogens is 1. The van der Waals surface area contributed by atoms with Crippen LogP contribution in [0.4, 0.5) is 0 Å². The average Bonchev–Trinajstić information content (AvgIpc) is 3.06. The summed E-state index contributed by atoms with van der Waals surface area (Å²) in [4.78, 5) is 11.9. The van der Waals surface area contributed by atoms with E-state index >= 15 is 0 Å². The SMILES string of the molecule is N=C(N)NOS(=O)(=O)CC(=O)c1cc(-n2cccc2)cc(S(N)(=O)=O)c1. The third kappa shape index (κ3) is 5.13. The van der Waals surface area contributed by atoms with Gasteiger partial charge in [-0.25, -0.2) is 19.0 Å². The maximum atomic E-state index is 12.3. The first-order valence-electron chi connectivity index (χ1n) is 6.83. The monoisotopic (exact) mass is 401 g/mol. The molecule has 0 spiro atoms. The van der Waals surface area contributed by atoms with Gasteiger partial charge in [0.1, 0.15) is 5.75 Å². The van der Waals surface area contributed by atoms with Gasteiger partial charge in [0.05, 0.1) is 4.90 Å². The van der Waals surface area contributed by atoms with Crippen molar-refractivity contribution in [2.45, 2.75) is 4.90 Å². The van der Waals surface area contributed by atoms with Crippen LogP contribution in [-0.4, -0.2) is 38.9 Å². The average molecular weight is 401 g/mol. The van der Waals surface area contributed by atoms with Gasteiger partial charge < -0.3 is 10.3 Å². The first-order valence-corrected chi connectivity index (χ1v) is 9.96. The Kier molecular flexibility index (Phi) is 5.46. The van der Waals surface area contributed by atoms with Gasteiger partial charge in [-0.05, 0) is 30.3 Å². The number of hydrogen-bond acceptors (Lipinski definition) is 7. The number of carbonyl (C=O) groups is 1. The van der Waals surface area contributed by atoms with E-state index in [4.69, 9.17) is 16.3 Å². The lowest BCUT2D eigenvalue weighted by Crippen LogP contribution is -2.34. The minimum Gasteiger partial charge on any atom is -0.368 e. The second-order valence-corrected chi connectivity index (χ2v) is 8.21. The van der Waals surface area contributed by atoms with Gasteiger partial charge in [-0.1, -0.05) is 0 Å². The number of hydroxylamine groups is 1. The molecule has 1 aromatic carbocycles. The van der Waals surface area contributed by atoms with Crippen molar-refractivity contribution in [3.63, 3.8) is 0 Å². The van der Waals surface area contributed by atoms with Crippen molar-refractivity contribution >= 4 is 31.9 Å². The fourth-order valence-electron chi connectivity index (χ4n) is 1.95. The molecule has 0 aliphatic rings. The molecule has 1 aromatic heterocycles. The molecule has 0 saturated heterocycles. The van der Waals surface area contributed by atoms with Crippen LogP contribution in [-0.2, 0) is 24.4 Å². The molecule has 0 atom stereocenters. The van der Waals surface area contributed by atoms with Crippen LogP contribution in [0.1, 0.15) is 10.4 Å². The third-order valence-electron chi connectivity index (χ3n) is 3.03. The van der Waals surface area contributed by atoms with E-state index in [0.717, 1.165) is 6.07 Å². The fraction of sp³-hybridized carbons (Fsp3) is 0.0769. The van der Waals surface area contributed by atoms with Crippen molar-refractivity contribution in [2.75, 3.05) is 5.75 Å². The maximum absolute atomic E-state index is 12.3. The van der Waals surface area contributed by atoms with E-state index in [1.54, 1.807) is 30.0 Å². The number of nitrogens with zero attached hydrogens (tertiary/aromatic N) is 1. The summed E-state index contributed by atoms with van der Waals surface area (Å²) in [5.74, 6) is -2.81. The summed E-state index contributed by atoms with van der Waals surface area (Å²) in [5.41, 5.74) is 6.61. The molecular formula is C13H15N5O6S2. The molecule has 0 radical (unpaired) electrons. The lowest BCUT2D eigenvalue weighted by atomic mass is 10.1. The summed E-state index contributed by atoms with van der Waals surface area (Å²) in [6, 6.07) is 6.88. The molecule has 2 rings (SSSR count). The molecule has 2 aromatic rings. The van der Waals surface area contributed by atoms with Crippen molar-refractivity contribution in [3.05, 3.63) is 48.3 Å². The third-order valence-corrected chi connectivity index (χ3v) is 4.88. The number of hydrogen-bond donors (Lipinski definition) is 4. The Morgan fingerprint density at radius 3 is 2.31 bits per heavy atom. The van der Waals surface area contributed by atoms with Crippen molar-refractivity contribution in [3.8, 4) is 5.69 Å². The Labute approximate surface area is 149 Å². The topological polar surface area (TPSA) is 187 Å². The van der Waals surface area contributed by atoms with Gasteiger partial charge in [-0.3, -0.25) is 10.2 Å². The summed E-state index contributed by atoms with van der Waals surface area (Å²) < 4.78 is 52.4. The van der Waals surface area contributed by atoms with Gasteiger partial charge in [-0.15, -0.1) is 4.28 Å². The van der Waals surface area contributed by atoms with Gasteiger partial charge in [0.15, 0.2) is 5.78 Å². The molecule has 0 amide bonds. The number of Topliss-reactive ketones (excluding diaryl/α,β-unsaturated/α-hetero) is 1. The predicted octanol–water partition coefficient (Wildman–Crippen LogP) is -0.948. The predicted molar refractivity (Wildman–Crippen MR) is 91.4 cm³/mol. The minimum atomic E-state index is -4.41. The number of benzene rings is 1. The highest BCUT2D eigenvalue weighted by Gasteiger charge is 2.22. The molecule has 26 heavy (non-hydrogen) atoms. The highest BCUT2D eigenvalue weighted by atomic mass is 32.2. The van der Waals surface area contributed by atoms with Crippen LogP contribution < -0.4 is 16.4 Å². The Hall–Kier alpha value is -2.74. The van der Waals surface area contributed by atoms with E-state index in [2.05, 4.69) is 4.28 Å². The number of guanidine groups is 1. The molecular weight excluding hydrogens is 386 g/mol. The molecule has 11 nitrogen and oxygen atoms in total.